The standard InChI is InChI=1S/C20H21FN6O2/c1-12(2)18(24-19(28)14-5-7-15(21)8-6-14)20(29)23-17-10-16(9-4-13(17)3)27-11-22-25-26-27/h4-12,18H,1-3H3,(H,23,29)(H,24,28). The Morgan fingerprint density at radius 1 is 1.10 bits per heavy atom. The van der Waals surface area contributed by atoms with Crippen LogP contribution in [0.2, 0.25) is 0 Å². The topological polar surface area (TPSA) is 102 Å². The van der Waals surface area contributed by atoms with Crippen molar-refractivity contribution < 1.29 is 14.0 Å². The number of anilines is 1. The predicted octanol–water partition coefficient (Wildman–Crippen LogP) is 2.50. The second-order valence-electron chi connectivity index (χ2n) is 6.94. The highest BCUT2D eigenvalue weighted by molar-refractivity contribution is 6.01. The van der Waals surface area contributed by atoms with Crippen LogP contribution in [0.15, 0.2) is 48.8 Å². The summed E-state index contributed by atoms with van der Waals surface area (Å²) in [6.07, 6.45) is 1.45. The molecule has 150 valence electrons. The SMILES string of the molecule is Cc1ccc(-n2cnnn2)cc1NC(=O)C(NC(=O)c1ccc(F)cc1)C(C)C. The quantitative estimate of drug-likeness (QED) is 0.667. The predicted molar refractivity (Wildman–Crippen MR) is 105 cm³/mol. The molecule has 2 amide bonds. The Kier molecular flexibility index (Phi) is 5.96. The van der Waals surface area contributed by atoms with Crippen LogP contribution in [-0.4, -0.2) is 38.1 Å². The van der Waals surface area contributed by atoms with Crippen LogP contribution in [-0.2, 0) is 4.79 Å². The number of nitrogens with one attached hydrogen (secondary N) is 2. The first-order valence-electron chi connectivity index (χ1n) is 9.06. The summed E-state index contributed by atoms with van der Waals surface area (Å²) in [7, 11) is 0. The van der Waals surface area contributed by atoms with Gasteiger partial charge in [0.2, 0.25) is 5.91 Å². The summed E-state index contributed by atoms with van der Waals surface area (Å²) in [5.74, 6) is -1.40. The number of benzene rings is 2. The van der Waals surface area contributed by atoms with Gasteiger partial charge < -0.3 is 10.6 Å². The lowest BCUT2D eigenvalue weighted by Gasteiger charge is -2.22. The largest absolute Gasteiger partial charge is 0.340 e. The van der Waals surface area contributed by atoms with Gasteiger partial charge in [-0.25, -0.2) is 9.07 Å². The minimum Gasteiger partial charge on any atom is -0.340 e. The fraction of sp³-hybridized carbons (Fsp3) is 0.250. The Labute approximate surface area is 167 Å². The highest BCUT2D eigenvalue weighted by atomic mass is 19.1. The summed E-state index contributed by atoms with van der Waals surface area (Å²) < 4.78 is 14.6. The van der Waals surface area contributed by atoms with Gasteiger partial charge in [0.25, 0.3) is 5.91 Å². The zero-order valence-electron chi connectivity index (χ0n) is 16.3. The van der Waals surface area contributed by atoms with Gasteiger partial charge in [-0.3, -0.25) is 9.59 Å². The van der Waals surface area contributed by atoms with Crippen molar-refractivity contribution in [3.05, 3.63) is 65.7 Å². The normalized spacial score (nSPS) is 11.9. The van der Waals surface area contributed by atoms with E-state index in [-0.39, 0.29) is 17.4 Å². The molecule has 0 fully saturated rings. The molecule has 0 aliphatic carbocycles. The van der Waals surface area contributed by atoms with Gasteiger partial charge in [-0.1, -0.05) is 19.9 Å². The fourth-order valence-corrected chi connectivity index (χ4v) is 2.74. The molecular weight excluding hydrogens is 375 g/mol. The lowest BCUT2D eigenvalue weighted by atomic mass is 10.0. The van der Waals surface area contributed by atoms with Crippen molar-refractivity contribution in [2.75, 3.05) is 5.32 Å². The van der Waals surface area contributed by atoms with E-state index < -0.39 is 17.8 Å². The van der Waals surface area contributed by atoms with Crippen LogP contribution < -0.4 is 10.6 Å². The van der Waals surface area contributed by atoms with Gasteiger partial charge in [-0.15, -0.1) is 5.10 Å². The molecule has 3 rings (SSSR count). The molecule has 3 aromatic rings. The van der Waals surface area contributed by atoms with E-state index in [1.807, 2.05) is 32.9 Å². The second kappa shape index (κ2) is 8.59. The van der Waals surface area contributed by atoms with Gasteiger partial charge in [-0.05, 0) is 65.2 Å². The summed E-state index contributed by atoms with van der Waals surface area (Å²) >= 11 is 0. The van der Waals surface area contributed by atoms with E-state index in [2.05, 4.69) is 26.2 Å². The third-order valence-corrected chi connectivity index (χ3v) is 4.43. The molecule has 0 bridgehead atoms. The molecule has 0 spiro atoms. The Morgan fingerprint density at radius 3 is 2.45 bits per heavy atom. The van der Waals surface area contributed by atoms with Gasteiger partial charge in [0, 0.05) is 11.3 Å². The molecule has 0 radical (unpaired) electrons. The third-order valence-electron chi connectivity index (χ3n) is 4.43. The van der Waals surface area contributed by atoms with Crippen LogP contribution in [0.5, 0.6) is 0 Å². The Bertz CT molecular complexity index is 1000. The first-order chi connectivity index (χ1) is 13.8. The highest BCUT2D eigenvalue weighted by Gasteiger charge is 2.25. The van der Waals surface area contributed by atoms with Crippen molar-refractivity contribution in [2.45, 2.75) is 26.8 Å². The molecule has 1 atom stereocenters. The minimum atomic E-state index is -0.774. The number of carbonyl (C=O) groups excluding carboxylic acids is 2. The van der Waals surface area contributed by atoms with Crippen LogP contribution in [0.1, 0.15) is 29.8 Å². The van der Waals surface area contributed by atoms with E-state index in [0.29, 0.717) is 11.4 Å². The first-order valence-corrected chi connectivity index (χ1v) is 9.06. The van der Waals surface area contributed by atoms with Gasteiger partial charge in [0.05, 0.1) is 5.69 Å². The van der Waals surface area contributed by atoms with Crippen LogP contribution in [0.4, 0.5) is 10.1 Å². The molecule has 1 unspecified atom stereocenters. The number of aryl methyl sites for hydroxylation is 1. The van der Waals surface area contributed by atoms with Gasteiger partial charge >= 0.3 is 0 Å². The molecule has 8 nitrogen and oxygen atoms in total. The summed E-state index contributed by atoms with van der Waals surface area (Å²) in [5.41, 5.74) is 2.40. The van der Waals surface area contributed by atoms with E-state index in [9.17, 15) is 14.0 Å². The third kappa shape index (κ3) is 4.81. The number of nitrogens with zero attached hydrogens (tertiary/aromatic N) is 4. The minimum absolute atomic E-state index is 0.164. The van der Waals surface area contributed by atoms with Crippen molar-refractivity contribution in [2.24, 2.45) is 5.92 Å². The molecule has 0 saturated heterocycles. The molecule has 0 aliphatic rings. The number of rotatable bonds is 6. The average Bonchev–Trinajstić information content (AvgIpc) is 3.22. The number of amides is 2. The van der Waals surface area contributed by atoms with Gasteiger partial charge in [0.15, 0.2) is 0 Å². The summed E-state index contributed by atoms with van der Waals surface area (Å²) in [6.45, 7) is 5.53. The first kappa shape index (κ1) is 20.1. The monoisotopic (exact) mass is 396 g/mol. The van der Waals surface area contributed by atoms with Gasteiger partial charge in [0.1, 0.15) is 18.2 Å². The molecule has 0 aliphatic heterocycles. The number of hydrogen-bond acceptors (Lipinski definition) is 5. The van der Waals surface area contributed by atoms with Crippen LogP contribution in [0.25, 0.3) is 5.69 Å². The lowest BCUT2D eigenvalue weighted by Crippen LogP contribution is -2.47. The van der Waals surface area contributed by atoms with Crippen molar-refractivity contribution in [1.29, 1.82) is 0 Å². The summed E-state index contributed by atoms with van der Waals surface area (Å²) in [4.78, 5) is 25.4. The van der Waals surface area contributed by atoms with Crippen molar-refractivity contribution in [3.8, 4) is 5.69 Å². The van der Waals surface area contributed by atoms with Crippen molar-refractivity contribution in [1.82, 2.24) is 25.5 Å². The molecule has 2 aromatic carbocycles. The van der Waals surface area contributed by atoms with E-state index in [1.165, 1.54) is 35.3 Å². The average molecular weight is 396 g/mol. The zero-order chi connectivity index (χ0) is 21.0. The molecule has 1 aromatic heterocycles. The maximum absolute atomic E-state index is 13.1. The molecular formula is C20H21FN6O2. The van der Waals surface area contributed by atoms with E-state index in [0.717, 1.165) is 5.56 Å². The Morgan fingerprint density at radius 2 is 1.83 bits per heavy atom. The maximum atomic E-state index is 13.1. The summed E-state index contributed by atoms with van der Waals surface area (Å²) in [5, 5.41) is 16.6. The van der Waals surface area contributed by atoms with Crippen LogP contribution >= 0.6 is 0 Å². The number of aromatic nitrogens is 4. The number of halogens is 1. The molecule has 0 saturated carbocycles. The van der Waals surface area contributed by atoms with E-state index in [4.69, 9.17) is 0 Å². The fourth-order valence-electron chi connectivity index (χ4n) is 2.74. The van der Waals surface area contributed by atoms with E-state index >= 15 is 0 Å². The van der Waals surface area contributed by atoms with Crippen molar-refractivity contribution in [3.63, 3.8) is 0 Å². The Balaban J connectivity index is 1.77. The van der Waals surface area contributed by atoms with Crippen molar-refractivity contribution >= 4 is 17.5 Å². The molecule has 2 N–H and O–H groups in total. The molecule has 29 heavy (non-hydrogen) atoms. The Hall–Kier alpha value is -3.62. The second-order valence-corrected chi connectivity index (χ2v) is 6.94. The maximum Gasteiger partial charge on any atom is 0.251 e. The number of carbonyl (C=O) groups is 2. The van der Waals surface area contributed by atoms with E-state index in [1.54, 1.807) is 6.07 Å². The van der Waals surface area contributed by atoms with Crippen LogP contribution in [0, 0.1) is 18.7 Å². The summed E-state index contributed by atoms with van der Waals surface area (Å²) in [6, 6.07) is 9.80. The molecule has 9 heteroatoms. The number of hydrogen-bond donors (Lipinski definition) is 2. The van der Waals surface area contributed by atoms with Gasteiger partial charge in [-0.2, -0.15) is 0 Å². The highest BCUT2D eigenvalue weighted by Crippen LogP contribution is 2.20. The number of tetrazole rings is 1. The van der Waals surface area contributed by atoms with Crippen LogP contribution in [0.3, 0.4) is 0 Å². The zero-order valence-corrected chi connectivity index (χ0v) is 16.3. The smallest absolute Gasteiger partial charge is 0.251 e. The molecule has 1 heterocycles. The lowest BCUT2D eigenvalue weighted by molar-refractivity contribution is -0.118.